The van der Waals surface area contributed by atoms with Gasteiger partial charge in [0.25, 0.3) is 0 Å². The van der Waals surface area contributed by atoms with Gasteiger partial charge in [-0.05, 0) is 116 Å². The number of halogens is 8. The number of ether oxygens (including phenoxy) is 6. The normalized spacial score (nSPS) is 27.5. The summed E-state index contributed by atoms with van der Waals surface area (Å²) in [6.45, 7) is 6.44. The molecule has 3 aliphatic heterocycles. The number of fused-ring (bicyclic) bond motifs is 4. The number of ketones is 3. The van der Waals surface area contributed by atoms with E-state index in [1.807, 2.05) is 6.08 Å². The van der Waals surface area contributed by atoms with Gasteiger partial charge in [-0.3, -0.25) is 14.4 Å². The molecule has 0 aromatic carbocycles. The summed E-state index contributed by atoms with van der Waals surface area (Å²) in [5, 5.41) is 0. The molecule has 6 aromatic heterocycles. The number of carbonyl (C=O) groups excluding carboxylic acids is 3. The van der Waals surface area contributed by atoms with E-state index in [4.69, 9.17) is 28.4 Å². The van der Waals surface area contributed by atoms with Gasteiger partial charge in [0.05, 0.1) is 114 Å². The third kappa shape index (κ3) is 23.0. The van der Waals surface area contributed by atoms with Crippen LogP contribution in [0.5, 0.6) is 0 Å². The van der Waals surface area contributed by atoms with E-state index in [2.05, 4.69) is 88.7 Å². The number of nitrogens with zero attached hydrogens (tertiary/aromatic N) is 12. The molecule has 8 atom stereocenters. The minimum absolute atomic E-state index is 0. The van der Waals surface area contributed by atoms with Gasteiger partial charge in [-0.1, -0.05) is 40.0 Å². The average Bonchev–Trinajstić information content (AvgIpc) is 1.58. The van der Waals surface area contributed by atoms with Crippen LogP contribution in [0.1, 0.15) is 200 Å². The van der Waals surface area contributed by atoms with E-state index in [0.29, 0.717) is 123 Å². The number of carbonyl (C=O) groups is 3. The van der Waals surface area contributed by atoms with Gasteiger partial charge in [0, 0.05) is 210 Å². The van der Waals surface area contributed by atoms with Gasteiger partial charge in [0.2, 0.25) is 0 Å². The summed E-state index contributed by atoms with van der Waals surface area (Å²) in [6, 6.07) is 0. The minimum atomic E-state index is -0.427. The molecule has 3 saturated heterocycles. The Balaban J connectivity index is 0.000000196. The summed E-state index contributed by atoms with van der Waals surface area (Å²) in [5.74, 6) is 2.92. The monoisotopic (exact) mass is 2260 g/mol. The maximum absolute atomic E-state index is 12.9. The fourth-order valence-corrected chi connectivity index (χ4v) is 15.9. The molecule has 21 nitrogen and oxygen atoms in total. The molecule has 0 bridgehead atoms. The van der Waals surface area contributed by atoms with Crippen LogP contribution in [0.3, 0.4) is 0 Å². The predicted octanol–water partition coefficient (Wildman–Crippen LogP) is 15.0. The summed E-state index contributed by atoms with van der Waals surface area (Å²) < 4.78 is 120. The van der Waals surface area contributed by atoms with Crippen molar-refractivity contribution in [2.24, 2.45) is 23.7 Å². The van der Waals surface area contributed by atoms with Gasteiger partial charge in [0.1, 0.15) is 40.6 Å². The minimum Gasteiger partial charge on any atom is -0.348 e. The standard InChI is InChI=1S/C13H15FN2O2.C12H13FN2O2.3C11H11FN2O.C9H14O2.C4H2BrFN2.CH3FS.3CH4.3U/c14-10-7-15-11(16-8-10)12-1-2-13(6-9(12)5-12)17-3-4-18-13;13-10-7-14-11(15-8-10)9-1-3-12(4-2-9)16-5-6-17-12;3*12-8-5-13-10(14-6-8)11-2-1-9(15)3-7(11)4-11;1-8-2-4-9(5-3-8)10-6-7-11-9;5-4-7-1-3(6)2-8-4;1-3-2;;;;;;/h7-9H,1-6H2;1,7-8H,2-6H2;3*5-7H,1-4H2;2H,3-7H2,1H3;1-2H;1H3;3*1H4;;;/t;;2*7-,11-;;;;;;;;;;/m..10........../s1. The third-order valence-electron chi connectivity index (χ3n) is 21.7. The van der Waals surface area contributed by atoms with Crippen molar-refractivity contribution >= 4 is 51.0 Å². The van der Waals surface area contributed by atoms with E-state index >= 15 is 0 Å². The van der Waals surface area contributed by atoms with Crippen molar-refractivity contribution in [1.29, 1.82) is 0 Å². The fourth-order valence-electron chi connectivity index (χ4n) is 15.7. The molecule has 0 amide bonds. The van der Waals surface area contributed by atoms with Crippen molar-refractivity contribution in [3.63, 3.8) is 0 Å². The van der Waals surface area contributed by atoms with Crippen LogP contribution in [0, 0.1) is 152 Å². The summed E-state index contributed by atoms with van der Waals surface area (Å²) in [7, 11) is 0. The quantitative estimate of drug-likeness (QED) is 0.0882. The first-order chi connectivity index (χ1) is 49.1. The molecule has 11 fully saturated rings. The second-order valence-electron chi connectivity index (χ2n) is 28.1. The van der Waals surface area contributed by atoms with Gasteiger partial charge >= 0.3 is 0 Å². The Hall–Kier alpha value is -3.77. The van der Waals surface area contributed by atoms with Crippen LogP contribution < -0.4 is 0 Å². The van der Waals surface area contributed by atoms with Gasteiger partial charge in [-0.25, -0.2) is 86.2 Å². The summed E-state index contributed by atoms with van der Waals surface area (Å²) in [6.07, 6.45) is 38.6. The number of allylic oxidation sites excluding steroid dienone is 2. The van der Waals surface area contributed by atoms with Crippen LogP contribution in [0.15, 0.2) is 96.8 Å². The fraction of sp³-hybridized carbons (Fsp3) is 0.587. The van der Waals surface area contributed by atoms with E-state index in [1.165, 1.54) is 73.8 Å². The Morgan fingerprint density at radius 1 is 0.380 bits per heavy atom. The number of Topliss-reactive ketones (excluding diaryl/α,β-unsaturated/α-hetero) is 3. The number of rotatable bonds is 5. The summed E-state index contributed by atoms with van der Waals surface area (Å²) in [4.78, 5) is 81.2. The molecule has 13 aliphatic rings. The van der Waals surface area contributed by atoms with Crippen molar-refractivity contribution in [1.82, 2.24) is 59.8 Å². The van der Waals surface area contributed by atoms with E-state index in [0.717, 1.165) is 151 Å². The predicted molar refractivity (Wildman–Crippen MR) is 377 cm³/mol. The molecular weight excluding hydrogens is 2170 g/mol. The van der Waals surface area contributed by atoms with Crippen LogP contribution in [-0.2, 0) is 64.5 Å². The SMILES string of the molecule is C.C.C.CC1=CCC2(CC1)OCCO2.CSF.Fc1cnc(Br)nc1.Fc1cnc(C23CCC4(CC2C3)OCCO4)nc1.Fc1cnc(C2=CCC3(CC2)OCCO3)nc1.O=C1CCC2(c3ncc(F)cn3)CC2C1.O=C1CC[C@@]2(c3ncc(F)cn3)C[C@H]2C1.O=C1CC[C@]2(c3ncc(F)cn3)C[C@@H]2C1.[U].[U].[U]. The summed E-state index contributed by atoms with van der Waals surface area (Å²) >= 11 is 3.21. The molecule has 0 radical (unpaired) electrons. The zero-order chi connectivity index (χ0) is 71.8. The second kappa shape index (κ2) is 41.0. The first-order valence-electron chi connectivity index (χ1n) is 34.5. The molecule has 8 saturated carbocycles. The zero-order valence-electron chi connectivity index (χ0n) is 58.2. The van der Waals surface area contributed by atoms with E-state index in [9.17, 15) is 44.6 Å². The molecule has 19 rings (SSSR count). The van der Waals surface area contributed by atoms with Gasteiger partial charge in [-0.2, -0.15) is 3.89 Å². The molecule has 33 heteroatoms. The number of hydrogen-bond donors (Lipinski definition) is 0. The summed E-state index contributed by atoms with van der Waals surface area (Å²) in [5.41, 5.74) is 2.57. The molecule has 6 aromatic rings. The van der Waals surface area contributed by atoms with Crippen molar-refractivity contribution in [3.8, 4) is 0 Å². The third-order valence-corrected chi connectivity index (χ3v) is 22.1. The van der Waals surface area contributed by atoms with Crippen LogP contribution in [0.2, 0.25) is 0 Å². The van der Waals surface area contributed by atoms with Gasteiger partial charge in [0.15, 0.2) is 62.8 Å². The van der Waals surface area contributed by atoms with E-state index in [1.54, 1.807) is 0 Å². The van der Waals surface area contributed by atoms with Crippen molar-refractivity contribution in [3.05, 3.63) is 161 Å². The first-order valence-corrected chi connectivity index (χ1v) is 36.5. The van der Waals surface area contributed by atoms with E-state index in [-0.39, 0.29) is 167 Å². The maximum atomic E-state index is 12.9. The van der Waals surface area contributed by atoms with Crippen LogP contribution in [0.4, 0.5) is 30.2 Å². The Labute approximate surface area is 710 Å². The van der Waals surface area contributed by atoms with Crippen LogP contribution >= 0.6 is 28.1 Å². The average molecular weight is 2260 g/mol. The molecule has 4 unspecified atom stereocenters. The number of hydrogen-bond acceptors (Lipinski definition) is 22. The Morgan fingerprint density at radius 2 is 0.667 bits per heavy atom. The molecule has 10 aliphatic carbocycles. The van der Waals surface area contributed by atoms with Crippen molar-refractivity contribution in [2.45, 2.75) is 209 Å². The number of aromatic nitrogens is 12. The topological polar surface area (TPSA) is 261 Å². The van der Waals surface area contributed by atoms with Gasteiger partial charge < -0.3 is 28.4 Å². The smallest absolute Gasteiger partial charge is 0.196 e. The molecule has 3 spiro atoms. The largest absolute Gasteiger partial charge is 0.348 e. The maximum Gasteiger partial charge on any atom is 0.196 e. The molecule has 580 valence electrons. The van der Waals surface area contributed by atoms with Crippen molar-refractivity contribution in [2.75, 3.05) is 45.9 Å². The Kier molecular flexibility index (Phi) is 35.3. The molecule has 0 N–H and O–H groups in total. The van der Waals surface area contributed by atoms with E-state index < -0.39 is 34.9 Å². The molecular formula is C75H92BrF7N12O9SU3. The van der Waals surface area contributed by atoms with Crippen LogP contribution in [0.25, 0.3) is 5.57 Å². The van der Waals surface area contributed by atoms with Crippen molar-refractivity contribution < 1.29 is 166 Å². The zero-order valence-corrected chi connectivity index (χ0v) is 73.1. The Bertz CT molecular complexity index is 3750. The molecule has 9 heterocycles. The van der Waals surface area contributed by atoms with Crippen LogP contribution in [-0.4, -0.2) is 140 Å². The Morgan fingerprint density at radius 3 is 0.954 bits per heavy atom. The van der Waals surface area contributed by atoms with Gasteiger partial charge in [-0.15, -0.1) is 0 Å². The molecule has 108 heavy (non-hydrogen) atoms. The second-order valence-corrected chi connectivity index (χ2v) is 29.1. The first kappa shape index (κ1) is 93.1.